The highest BCUT2D eigenvalue weighted by molar-refractivity contribution is 14.1. The third kappa shape index (κ3) is 5.48. The zero-order valence-corrected chi connectivity index (χ0v) is 14.6. The number of hydrogen-bond acceptors (Lipinski definition) is 2. The van der Waals surface area contributed by atoms with Crippen molar-refractivity contribution in [2.45, 2.75) is 5.75 Å². The van der Waals surface area contributed by atoms with Crippen LogP contribution in [0.2, 0.25) is 5.02 Å². The molecule has 0 aliphatic rings. The molecule has 0 atom stereocenters. The van der Waals surface area contributed by atoms with Gasteiger partial charge in [-0.1, -0.05) is 17.7 Å². The van der Waals surface area contributed by atoms with Gasteiger partial charge in [0.2, 0.25) is 5.91 Å². The number of thioether (sulfide) groups is 1. The second-order valence-corrected chi connectivity index (χ2v) is 6.95. The minimum Gasteiger partial charge on any atom is -0.325 e. The van der Waals surface area contributed by atoms with E-state index in [4.69, 9.17) is 11.6 Å². The Kier molecular flexibility index (Phi) is 6.32. The van der Waals surface area contributed by atoms with E-state index in [1.807, 2.05) is 24.3 Å². The smallest absolute Gasteiger partial charge is 0.234 e. The van der Waals surface area contributed by atoms with E-state index in [-0.39, 0.29) is 17.5 Å². The van der Waals surface area contributed by atoms with Gasteiger partial charge < -0.3 is 5.32 Å². The number of hydrogen-bond donors (Lipinski definition) is 1. The lowest BCUT2D eigenvalue weighted by Crippen LogP contribution is -2.14. The fourth-order valence-electron chi connectivity index (χ4n) is 1.62. The molecule has 2 aromatic rings. The van der Waals surface area contributed by atoms with E-state index in [1.165, 1.54) is 17.8 Å². The quantitative estimate of drug-likeness (QED) is 0.673. The van der Waals surface area contributed by atoms with Gasteiger partial charge in [0, 0.05) is 20.0 Å². The van der Waals surface area contributed by atoms with Gasteiger partial charge in [0.15, 0.2) is 0 Å². The van der Waals surface area contributed by atoms with Crippen LogP contribution in [0.5, 0.6) is 0 Å². The average Bonchev–Trinajstić information content (AvgIpc) is 2.44. The first kappa shape index (κ1) is 16.6. The molecule has 0 spiro atoms. The van der Waals surface area contributed by atoms with Crippen LogP contribution in [-0.2, 0) is 10.5 Å². The van der Waals surface area contributed by atoms with Gasteiger partial charge in [-0.25, -0.2) is 4.39 Å². The van der Waals surface area contributed by atoms with E-state index >= 15 is 0 Å². The molecule has 0 fully saturated rings. The van der Waals surface area contributed by atoms with Crippen molar-refractivity contribution in [3.63, 3.8) is 0 Å². The number of carbonyl (C=O) groups is 1. The van der Waals surface area contributed by atoms with Crippen molar-refractivity contribution in [3.05, 3.63) is 62.4 Å². The Hall–Kier alpha value is -0.790. The predicted molar refractivity (Wildman–Crippen MR) is 95.4 cm³/mol. The lowest BCUT2D eigenvalue weighted by atomic mass is 10.2. The summed E-state index contributed by atoms with van der Waals surface area (Å²) in [5, 5.41) is 3.17. The Morgan fingerprint density at radius 3 is 2.62 bits per heavy atom. The first-order valence-corrected chi connectivity index (χ1v) is 8.73. The molecule has 2 nitrogen and oxygen atoms in total. The summed E-state index contributed by atoms with van der Waals surface area (Å²) in [6.07, 6.45) is 0. The van der Waals surface area contributed by atoms with Crippen LogP contribution in [0, 0.1) is 9.39 Å². The summed E-state index contributed by atoms with van der Waals surface area (Å²) >= 11 is 9.25. The molecule has 0 saturated heterocycles. The third-order valence-corrected chi connectivity index (χ3v) is 4.57. The zero-order valence-electron chi connectivity index (χ0n) is 10.9. The van der Waals surface area contributed by atoms with Crippen molar-refractivity contribution in [3.8, 4) is 0 Å². The predicted octanol–water partition coefficient (Wildman–Crippen LogP) is 4.96. The summed E-state index contributed by atoms with van der Waals surface area (Å²) in [4.78, 5) is 11.8. The summed E-state index contributed by atoms with van der Waals surface area (Å²) in [6.45, 7) is 0. The molecule has 0 aliphatic carbocycles. The summed E-state index contributed by atoms with van der Waals surface area (Å²) < 4.78 is 14.7. The zero-order chi connectivity index (χ0) is 15.2. The first-order chi connectivity index (χ1) is 10.0. The van der Waals surface area contributed by atoms with Gasteiger partial charge in [0.05, 0.1) is 5.75 Å². The Balaban J connectivity index is 1.80. The maximum atomic E-state index is 13.6. The molecule has 21 heavy (non-hydrogen) atoms. The lowest BCUT2D eigenvalue weighted by Gasteiger charge is -2.06. The van der Waals surface area contributed by atoms with Crippen LogP contribution in [0.4, 0.5) is 10.1 Å². The maximum absolute atomic E-state index is 13.6. The highest BCUT2D eigenvalue weighted by Gasteiger charge is 2.06. The number of halogens is 3. The molecular formula is C15H12ClFINOS. The highest BCUT2D eigenvalue weighted by atomic mass is 127. The molecule has 1 amide bonds. The number of nitrogens with one attached hydrogen (secondary N) is 1. The molecule has 110 valence electrons. The Bertz CT molecular complexity index is 636. The third-order valence-electron chi connectivity index (χ3n) is 2.63. The van der Waals surface area contributed by atoms with Crippen molar-refractivity contribution >= 4 is 57.5 Å². The van der Waals surface area contributed by atoms with Gasteiger partial charge in [-0.05, 0) is 64.6 Å². The molecule has 2 rings (SSSR count). The van der Waals surface area contributed by atoms with Gasteiger partial charge in [-0.2, -0.15) is 0 Å². The van der Waals surface area contributed by atoms with Crippen LogP contribution in [-0.4, -0.2) is 11.7 Å². The fourth-order valence-corrected chi connectivity index (χ4v) is 2.95. The number of anilines is 1. The van der Waals surface area contributed by atoms with Crippen LogP contribution in [0.3, 0.4) is 0 Å². The standard InChI is InChI=1S/C15H12ClFINOS/c16-11-2-1-10(14(17)7-11)8-21-9-15(20)19-13-5-3-12(18)4-6-13/h1-7H,8-9H2,(H,19,20). The maximum Gasteiger partial charge on any atom is 0.234 e. The molecule has 0 radical (unpaired) electrons. The van der Waals surface area contributed by atoms with Crippen molar-refractivity contribution in [2.75, 3.05) is 11.1 Å². The summed E-state index contributed by atoms with van der Waals surface area (Å²) in [6, 6.07) is 12.1. The molecule has 0 heterocycles. The van der Waals surface area contributed by atoms with Gasteiger partial charge in [0.1, 0.15) is 5.82 Å². The average molecular weight is 436 g/mol. The van der Waals surface area contributed by atoms with E-state index < -0.39 is 0 Å². The molecule has 0 bridgehead atoms. The molecule has 0 unspecified atom stereocenters. The van der Waals surface area contributed by atoms with E-state index in [1.54, 1.807) is 12.1 Å². The van der Waals surface area contributed by atoms with Gasteiger partial charge in [-0.15, -0.1) is 11.8 Å². The van der Waals surface area contributed by atoms with Gasteiger partial charge in [-0.3, -0.25) is 4.79 Å². The normalized spacial score (nSPS) is 10.4. The van der Waals surface area contributed by atoms with E-state index in [0.29, 0.717) is 16.3 Å². The topological polar surface area (TPSA) is 29.1 Å². The lowest BCUT2D eigenvalue weighted by molar-refractivity contribution is -0.113. The molecule has 1 N–H and O–H groups in total. The van der Waals surface area contributed by atoms with E-state index in [9.17, 15) is 9.18 Å². The Morgan fingerprint density at radius 1 is 1.24 bits per heavy atom. The fraction of sp³-hybridized carbons (Fsp3) is 0.133. The first-order valence-electron chi connectivity index (χ1n) is 6.11. The van der Waals surface area contributed by atoms with Crippen molar-refractivity contribution < 1.29 is 9.18 Å². The number of amides is 1. The van der Waals surface area contributed by atoms with E-state index in [0.717, 1.165) is 9.26 Å². The van der Waals surface area contributed by atoms with Crippen LogP contribution < -0.4 is 5.32 Å². The molecule has 0 aromatic heterocycles. The Morgan fingerprint density at radius 2 is 1.95 bits per heavy atom. The van der Waals surface area contributed by atoms with Crippen LogP contribution in [0.1, 0.15) is 5.56 Å². The van der Waals surface area contributed by atoms with Gasteiger partial charge >= 0.3 is 0 Å². The van der Waals surface area contributed by atoms with E-state index in [2.05, 4.69) is 27.9 Å². The highest BCUT2D eigenvalue weighted by Crippen LogP contribution is 2.19. The molecule has 0 aliphatic heterocycles. The SMILES string of the molecule is O=C(CSCc1ccc(Cl)cc1F)Nc1ccc(I)cc1. The number of benzene rings is 2. The number of carbonyl (C=O) groups excluding carboxylic acids is 1. The van der Waals surface area contributed by atoms with Crippen molar-refractivity contribution in [1.29, 1.82) is 0 Å². The molecule has 0 saturated carbocycles. The summed E-state index contributed by atoms with van der Waals surface area (Å²) in [5.74, 6) is 0.264. The van der Waals surface area contributed by atoms with Crippen molar-refractivity contribution in [2.24, 2.45) is 0 Å². The second-order valence-electron chi connectivity index (χ2n) is 4.28. The van der Waals surface area contributed by atoms with Crippen LogP contribution in [0.15, 0.2) is 42.5 Å². The Labute approximate surface area is 145 Å². The van der Waals surface area contributed by atoms with Crippen LogP contribution in [0.25, 0.3) is 0 Å². The van der Waals surface area contributed by atoms with Crippen molar-refractivity contribution in [1.82, 2.24) is 0 Å². The number of rotatable bonds is 5. The monoisotopic (exact) mass is 435 g/mol. The molecule has 6 heteroatoms. The van der Waals surface area contributed by atoms with Crippen LogP contribution >= 0.6 is 46.0 Å². The van der Waals surface area contributed by atoms with Gasteiger partial charge in [0.25, 0.3) is 0 Å². The second kappa shape index (κ2) is 8.00. The minimum atomic E-state index is -0.340. The minimum absolute atomic E-state index is 0.101. The molecule has 2 aromatic carbocycles. The summed E-state index contributed by atoms with van der Waals surface area (Å²) in [7, 11) is 0. The molecular weight excluding hydrogens is 424 g/mol. The largest absolute Gasteiger partial charge is 0.325 e. The summed E-state index contributed by atoms with van der Waals surface area (Å²) in [5.41, 5.74) is 1.31.